The Morgan fingerprint density at radius 3 is 3.00 bits per heavy atom. The van der Waals surface area contributed by atoms with Crippen LogP contribution in [-0.2, 0) is 18.3 Å². The predicted molar refractivity (Wildman–Crippen MR) is 80.6 cm³/mol. The number of nitrogens with zero attached hydrogens (tertiary/aromatic N) is 3. The molecule has 0 unspecified atom stereocenters. The fourth-order valence-electron chi connectivity index (χ4n) is 2.89. The van der Waals surface area contributed by atoms with Gasteiger partial charge in [-0.25, -0.2) is 0 Å². The molecule has 2 aromatic heterocycles. The number of rotatable bonds is 4. The second kappa shape index (κ2) is 5.96. The largest absolute Gasteiger partial charge is 0.456 e. The zero-order valence-electron chi connectivity index (χ0n) is 13.2. The van der Waals surface area contributed by atoms with Crippen LogP contribution >= 0.6 is 0 Å². The van der Waals surface area contributed by atoms with Crippen LogP contribution in [0.3, 0.4) is 0 Å². The highest BCUT2D eigenvalue weighted by Crippen LogP contribution is 2.28. The Kier molecular flexibility index (Phi) is 4.02. The summed E-state index contributed by atoms with van der Waals surface area (Å²) in [4.78, 5) is 14.4. The monoisotopic (exact) mass is 303 g/mol. The average molecular weight is 303 g/mol. The minimum atomic E-state index is -0.0795. The van der Waals surface area contributed by atoms with Crippen LogP contribution in [-0.4, -0.2) is 40.3 Å². The first kappa shape index (κ1) is 14.8. The van der Waals surface area contributed by atoms with E-state index in [1.165, 1.54) is 0 Å². The van der Waals surface area contributed by atoms with E-state index in [1.807, 2.05) is 38.1 Å². The third kappa shape index (κ3) is 2.78. The van der Waals surface area contributed by atoms with E-state index in [-0.39, 0.29) is 11.8 Å². The zero-order chi connectivity index (χ0) is 15.7. The van der Waals surface area contributed by atoms with E-state index >= 15 is 0 Å². The lowest BCUT2D eigenvalue weighted by Crippen LogP contribution is -2.39. The minimum Gasteiger partial charge on any atom is -0.456 e. The third-order valence-corrected chi connectivity index (χ3v) is 3.89. The van der Waals surface area contributed by atoms with Gasteiger partial charge in [0.05, 0.1) is 12.3 Å². The number of furan rings is 1. The Morgan fingerprint density at radius 2 is 2.32 bits per heavy atom. The lowest BCUT2D eigenvalue weighted by molar-refractivity contribution is 0.0621. The van der Waals surface area contributed by atoms with Crippen molar-refractivity contribution >= 4 is 5.91 Å². The van der Waals surface area contributed by atoms with Crippen molar-refractivity contribution in [1.82, 2.24) is 14.7 Å². The molecule has 1 atom stereocenters. The number of hydrogen-bond acceptors (Lipinski definition) is 4. The van der Waals surface area contributed by atoms with E-state index in [0.29, 0.717) is 32.1 Å². The lowest BCUT2D eigenvalue weighted by Gasteiger charge is -2.31. The minimum absolute atomic E-state index is 0.0795. The Morgan fingerprint density at radius 1 is 1.50 bits per heavy atom. The fraction of sp³-hybridized carbons (Fsp3) is 0.500. The van der Waals surface area contributed by atoms with Crippen LogP contribution in [0.4, 0.5) is 0 Å². The van der Waals surface area contributed by atoms with Gasteiger partial charge in [0.25, 0.3) is 5.91 Å². The molecule has 6 nitrogen and oxygen atoms in total. The van der Waals surface area contributed by atoms with Crippen LogP contribution in [0.2, 0.25) is 0 Å². The van der Waals surface area contributed by atoms with Gasteiger partial charge in [-0.15, -0.1) is 0 Å². The number of carbonyl (C=O) groups excluding carboxylic acids is 1. The number of fused-ring (bicyclic) bond motifs is 1. The summed E-state index contributed by atoms with van der Waals surface area (Å²) in [5, 5.41) is 4.53. The summed E-state index contributed by atoms with van der Waals surface area (Å²) >= 11 is 0. The fourth-order valence-corrected chi connectivity index (χ4v) is 2.89. The molecule has 2 aromatic rings. The summed E-state index contributed by atoms with van der Waals surface area (Å²) < 4.78 is 12.8. The van der Waals surface area contributed by atoms with Crippen LogP contribution in [0.5, 0.6) is 0 Å². The number of hydrogen-bond donors (Lipinski definition) is 0. The number of aromatic nitrogens is 2. The molecule has 3 rings (SSSR count). The molecule has 0 saturated heterocycles. The van der Waals surface area contributed by atoms with Gasteiger partial charge in [0, 0.05) is 44.4 Å². The first-order valence-corrected chi connectivity index (χ1v) is 7.54. The lowest BCUT2D eigenvalue weighted by atomic mass is 9.97. The molecule has 0 radical (unpaired) electrons. The number of aryl methyl sites for hydroxylation is 2. The van der Waals surface area contributed by atoms with Crippen LogP contribution < -0.4 is 0 Å². The molecule has 0 aliphatic carbocycles. The van der Waals surface area contributed by atoms with Crippen molar-refractivity contribution in [3.8, 4) is 0 Å². The summed E-state index contributed by atoms with van der Waals surface area (Å²) in [6, 6.07) is 3.54. The van der Waals surface area contributed by atoms with E-state index in [2.05, 4.69) is 5.10 Å². The van der Waals surface area contributed by atoms with Crippen molar-refractivity contribution in [2.24, 2.45) is 7.05 Å². The van der Waals surface area contributed by atoms with Crippen molar-refractivity contribution in [1.29, 1.82) is 0 Å². The number of carbonyl (C=O) groups is 1. The van der Waals surface area contributed by atoms with Crippen molar-refractivity contribution in [3.63, 3.8) is 0 Å². The van der Waals surface area contributed by atoms with Crippen LogP contribution in [0.25, 0.3) is 0 Å². The van der Waals surface area contributed by atoms with Gasteiger partial charge in [-0.05, 0) is 26.0 Å². The maximum Gasteiger partial charge on any atom is 0.289 e. The summed E-state index contributed by atoms with van der Waals surface area (Å²) in [5.41, 5.74) is 2.12. The maximum atomic E-state index is 12.6. The van der Waals surface area contributed by atoms with Gasteiger partial charge >= 0.3 is 0 Å². The van der Waals surface area contributed by atoms with E-state index < -0.39 is 0 Å². The molecule has 0 bridgehead atoms. The molecule has 0 fully saturated rings. The van der Waals surface area contributed by atoms with Gasteiger partial charge in [-0.1, -0.05) is 0 Å². The zero-order valence-corrected chi connectivity index (χ0v) is 13.2. The topological polar surface area (TPSA) is 60.5 Å². The third-order valence-electron chi connectivity index (χ3n) is 3.89. The van der Waals surface area contributed by atoms with Gasteiger partial charge < -0.3 is 14.1 Å². The van der Waals surface area contributed by atoms with E-state index in [4.69, 9.17) is 9.15 Å². The highest BCUT2D eigenvalue weighted by atomic mass is 16.5. The summed E-state index contributed by atoms with van der Waals surface area (Å²) in [6.07, 6.45) is 1.97. The van der Waals surface area contributed by atoms with Crippen LogP contribution in [0, 0.1) is 6.92 Å². The first-order chi connectivity index (χ1) is 10.6. The molecule has 0 saturated carbocycles. The predicted octanol–water partition coefficient (Wildman–Crippen LogP) is 2.10. The van der Waals surface area contributed by atoms with Crippen molar-refractivity contribution in [2.75, 3.05) is 19.8 Å². The molecular weight excluding hydrogens is 282 g/mol. The normalized spacial score (nSPS) is 17.6. The van der Waals surface area contributed by atoms with Crippen LogP contribution in [0.15, 0.2) is 22.7 Å². The maximum absolute atomic E-state index is 12.6. The van der Waals surface area contributed by atoms with Crippen molar-refractivity contribution in [3.05, 3.63) is 41.1 Å². The quantitative estimate of drug-likeness (QED) is 0.868. The summed E-state index contributed by atoms with van der Waals surface area (Å²) in [7, 11) is 1.90. The summed E-state index contributed by atoms with van der Waals surface area (Å²) in [6.45, 7) is 6.19. The van der Waals surface area contributed by atoms with Crippen LogP contribution in [0.1, 0.15) is 40.4 Å². The molecule has 1 amide bonds. The summed E-state index contributed by atoms with van der Waals surface area (Å²) in [5.74, 6) is 1.15. The highest BCUT2D eigenvalue weighted by molar-refractivity contribution is 5.91. The molecule has 0 aromatic carbocycles. The molecule has 118 valence electrons. The molecular formula is C16H21N3O3. The molecule has 22 heavy (non-hydrogen) atoms. The molecule has 6 heteroatoms. The van der Waals surface area contributed by atoms with E-state index in [9.17, 15) is 4.79 Å². The van der Waals surface area contributed by atoms with Gasteiger partial charge in [0.15, 0.2) is 5.76 Å². The average Bonchev–Trinajstić information content (AvgIpc) is 3.08. The van der Waals surface area contributed by atoms with Crippen molar-refractivity contribution in [2.45, 2.75) is 26.3 Å². The first-order valence-electron chi connectivity index (χ1n) is 7.54. The number of amides is 1. The molecule has 3 heterocycles. The standard InChI is InChI=1S/C16H21N3O3/c1-4-21-10-13-9-19(8-12-7-18(3)17-15(12)13)16(20)14-6-5-11(2)22-14/h5-7,13H,4,8-10H2,1-3H3/t13-/m1/s1. The Balaban J connectivity index is 1.84. The Bertz CT molecular complexity index is 674. The van der Waals surface area contributed by atoms with Gasteiger partial charge in [0.1, 0.15) is 5.76 Å². The molecule has 1 aliphatic rings. The second-order valence-corrected chi connectivity index (χ2v) is 5.67. The van der Waals surface area contributed by atoms with Gasteiger partial charge in [-0.2, -0.15) is 5.10 Å². The highest BCUT2D eigenvalue weighted by Gasteiger charge is 2.32. The molecule has 0 spiro atoms. The molecule has 1 aliphatic heterocycles. The second-order valence-electron chi connectivity index (χ2n) is 5.67. The Hall–Kier alpha value is -2.08. The van der Waals surface area contributed by atoms with Gasteiger partial charge in [0.2, 0.25) is 0 Å². The van der Waals surface area contributed by atoms with Crippen molar-refractivity contribution < 1.29 is 13.9 Å². The number of ether oxygens (including phenoxy) is 1. The van der Waals surface area contributed by atoms with Gasteiger partial charge in [-0.3, -0.25) is 9.48 Å². The van der Waals surface area contributed by atoms with E-state index in [0.717, 1.165) is 17.0 Å². The smallest absolute Gasteiger partial charge is 0.289 e. The molecule has 0 N–H and O–H groups in total. The Labute approximate surface area is 129 Å². The SMILES string of the molecule is CCOC[C@H]1CN(C(=O)c2ccc(C)o2)Cc2cn(C)nc21. The van der Waals surface area contributed by atoms with E-state index in [1.54, 1.807) is 10.7 Å².